The summed E-state index contributed by atoms with van der Waals surface area (Å²) in [5.74, 6) is -0.433. The SMILES string of the molecule is C=C(C(=O)F)c1ccc(F)cc1. The first-order chi connectivity index (χ1) is 5.61. The molecule has 0 radical (unpaired) electrons. The lowest BCUT2D eigenvalue weighted by atomic mass is 10.1. The van der Waals surface area contributed by atoms with Gasteiger partial charge in [-0.2, -0.15) is 4.39 Å². The van der Waals surface area contributed by atoms with Gasteiger partial charge in [-0.15, -0.1) is 0 Å². The van der Waals surface area contributed by atoms with Gasteiger partial charge in [0.05, 0.1) is 5.57 Å². The summed E-state index contributed by atoms with van der Waals surface area (Å²) in [7, 11) is 0. The topological polar surface area (TPSA) is 17.1 Å². The maximum atomic E-state index is 12.3. The van der Waals surface area contributed by atoms with Crippen LogP contribution in [0.2, 0.25) is 0 Å². The van der Waals surface area contributed by atoms with E-state index in [1.54, 1.807) is 0 Å². The predicted molar refractivity (Wildman–Crippen MR) is 41.5 cm³/mol. The number of carbonyl (C=O) groups excluding carboxylic acids is 1. The van der Waals surface area contributed by atoms with E-state index in [0.717, 1.165) is 12.1 Å². The quantitative estimate of drug-likeness (QED) is 0.489. The summed E-state index contributed by atoms with van der Waals surface area (Å²) in [5.41, 5.74) is 0.0406. The van der Waals surface area contributed by atoms with Gasteiger partial charge in [-0.3, -0.25) is 4.79 Å². The summed E-state index contributed by atoms with van der Waals surface area (Å²) in [4.78, 5) is 10.2. The molecule has 1 nitrogen and oxygen atoms in total. The van der Waals surface area contributed by atoms with Gasteiger partial charge < -0.3 is 0 Å². The lowest BCUT2D eigenvalue weighted by Crippen LogP contribution is -1.91. The molecular weight excluding hydrogens is 162 g/mol. The molecule has 0 atom stereocenters. The highest BCUT2D eigenvalue weighted by Crippen LogP contribution is 2.13. The number of hydrogen-bond acceptors (Lipinski definition) is 1. The minimum absolute atomic E-state index is 0.255. The molecule has 0 aromatic heterocycles. The van der Waals surface area contributed by atoms with E-state index in [4.69, 9.17) is 0 Å². The molecule has 0 aliphatic heterocycles. The predicted octanol–water partition coefficient (Wildman–Crippen LogP) is 2.33. The summed E-state index contributed by atoms with van der Waals surface area (Å²) >= 11 is 0. The Morgan fingerprint density at radius 2 is 1.75 bits per heavy atom. The van der Waals surface area contributed by atoms with Crippen molar-refractivity contribution in [2.24, 2.45) is 0 Å². The molecule has 12 heavy (non-hydrogen) atoms. The van der Waals surface area contributed by atoms with E-state index in [9.17, 15) is 13.6 Å². The Hall–Kier alpha value is -1.51. The van der Waals surface area contributed by atoms with Gasteiger partial charge in [0.2, 0.25) is 0 Å². The lowest BCUT2D eigenvalue weighted by molar-refractivity contribution is -0.123. The first kappa shape index (κ1) is 8.59. The molecule has 1 aromatic carbocycles. The van der Waals surface area contributed by atoms with E-state index in [1.165, 1.54) is 12.1 Å². The number of benzene rings is 1. The highest BCUT2D eigenvalue weighted by molar-refractivity contribution is 6.14. The van der Waals surface area contributed by atoms with Crippen molar-refractivity contribution in [2.45, 2.75) is 0 Å². The van der Waals surface area contributed by atoms with Crippen LogP contribution in [0.1, 0.15) is 5.56 Å². The molecule has 0 fully saturated rings. The number of hydrogen-bond donors (Lipinski definition) is 0. The third-order valence-electron chi connectivity index (χ3n) is 1.43. The van der Waals surface area contributed by atoms with Gasteiger partial charge in [-0.05, 0) is 17.7 Å². The number of carbonyl (C=O) groups is 1. The maximum absolute atomic E-state index is 12.3. The minimum atomic E-state index is -1.60. The highest BCUT2D eigenvalue weighted by Gasteiger charge is 2.06. The van der Waals surface area contributed by atoms with Gasteiger partial charge in [-0.25, -0.2) is 4.39 Å². The molecule has 62 valence electrons. The molecule has 1 rings (SSSR count). The van der Waals surface area contributed by atoms with E-state index in [1.807, 2.05) is 0 Å². The van der Waals surface area contributed by atoms with Crippen molar-refractivity contribution in [3.63, 3.8) is 0 Å². The Kier molecular flexibility index (Phi) is 2.33. The Morgan fingerprint density at radius 3 is 2.17 bits per heavy atom. The van der Waals surface area contributed by atoms with E-state index in [2.05, 4.69) is 6.58 Å². The normalized spacial score (nSPS) is 9.50. The van der Waals surface area contributed by atoms with Crippen LogP contribution in [0.3, 0.4) is 0 Å². The molecule has 0 saturated heterocycles. The van der Waals surface area contributed by atoms with Gasteiger partial charge >= 0.3 is 6.04 Å². The van der Waals surface area contributed by atoms with E-state index in [0.29, 0.717) is 5.56 Å². The lowest BCUT2D eigenvalue weighted by Gasteiger charge is -1.97. The number of allylic oxidation sites excluding steroid dienone is 1. The third kappa shape index (κ3) is 1.75. The van der Waals surface area contributed by atoms with Gasteiger partial charge in [0, 0.05) is 0 Å². The van der Waals surface area contributed by atoms with Crippen molar-refractivity contribution in [2.75, 3.05) is 0 Å². The minimum Gasteiger partial charge on any atom is -0.255 e. The van der Waals surface area contributed by atoms with Crippen molar-refractivity contribution in [1.29, 1.82) is 0 Å². The molecule has 0 unspecified atom stereocenters. The van der Waals surface area contributed by atoms with Crippen LogP contribution in [0.25, 0.3) is 5.57 Å². The Labute approximate surface area is 68.3 Å². The summed E-state index contributed by atoms with van der Waals surface area (Å²) in [6.07, 6.45) is 0. The fraction of sp³-hybridized carbons (Fsp3) is 0. The van der Waals surface area contributed by atoms with Crippen LogP contribution in [0.4, 0.5) is 8.78 Å². The molecule has 0 aliphatic rings. The fourth-order valence-corrected chi connectivity index (χ4v) is 0.765. The van der Waals surface area contributed by atoms with Crippen molar-refractivity contribution in [3.8, 4) is 0 Å². The molecule has 1 aromatic rings. The van der Waals surface area contributed by atoms with Gasteiger partial charge in [-0.1, -0.05) is 18.7 Å². The number of halogens is 2. The third-order valence-corrected chi connectivity index (χ3v) is 1.43. The molecule has 0 heterocycles. The molecule has 3 heteroatoms. The van der Waals surface area contributed by atoms with Gasteiger partial charge in [0.25, 0.3) is 0 Å². The number of rotatable bonds is 2. The van der Waals surface area contributed by atoms with Crippen LogP contribution in [0.15, 0.2) is 30.8 Å². The average Bonchev–Trinajstić information content (AvgIpc) is 2.04. The van der Waals surface area contributed by atoms with Crippen LogP contribution in [0, 0.1) is 5.82 Å². The van der Waals surface area contributed by atoms with E-state index < -0.39 is 11.9 Å². The van der Waals surface area contributed by atoms with Crippen LogP contribution in [0.5, 0.6) is 0 Å². The maximum Gasteiger partial charge on any atom is 0.332 e. The molecular formula is C9H6F2O. The summed E-state index contributed by atoms with van der Waals surface area (Å²) in [5, 5.41) is 0. The van der Waals surface area contributed by atoms with Crippen molar-refractivity contribution >= 4 is 11.6 Å². The smallest absolute Gasteiger partial charge is 0.255 e. The van der Waals surface area contributed by atoms with Crippen molar-refractivity contribution in [1.82, 2.24) is 0 Å². The zero-order valence-electron chi connectivity index (χ0n) is 6.18. The monoisotopic (exact) mass is 168 g/mol. The van der Waals surface area contributed by atoms with Crippen LogP contribution < -0.4 is 0 Å². The zero-order chi connectivity index (χ0) is 9.14. The molecule has 0 bridgehead atoms. The largest absolute Gasteiger partial charge is 0.332 e. The molecule has 0 saturated carbocycles. The van der Waals surface area contributed by atoms with Gasteiger partial charge in [0.1, 0.15) is 5.82 Å². The van der Waals surface area contributed by atoms with Crippen LogP contribution in [-0.2, 0) is 4.79 Å². The second-order valence-corrected chi connectivity index (χ2v) is 2.26. The zero-order valence-corrected chi connectivity index (χ0v) is 6.18. The second-order valence-electron chi connectivity index (χ2n) is 2.26. The molecule has 0 aliphatic carbocycles. The summed E-state index contributed by atoms with van der Waals surface area (Å²) in [6.45, 7) is 3.21. The first-order valence-corrected chi connectivity index (χ1v) is 3.26. The Morgan fingerprint density at radius 1 is 1.25 bits per heavy atom. The molecule has 0 N–H and O–H groups in total. The fourth-order valence-electron chi connectivity index (χ4n) is 0.765. The molecule has 0 spiro atoms. The standard InChI is InChI=1S/C9H6F2O/c1-6(9(11)12)7-2-4-8(10)5-3-7/h2-5H,1H2. The van der Waals surface area contributed by atoms with E-state index >= 15 is 0 Å². The Bertz CT molecular complexity index is 314. The highest BCUT2D eigenvalue weighted by atomic mass is 19.1. The summed E-state index contributed by atoms with van der Waals surface area (Å²) < 4.78 is 24.4. The first-order valence-electron chi connectivity index (χ1n) is 3.26. The second kappa shape index (κ2) is 3.26. The summed E-state index contributed by atoms with van der Waals surface area (Å²) in [6, 6.07) is 3.29. The average molecular weight is 168 g/mol. The van der Waals surface area contributed by atoms with Crippen LogP contribution in [-0.4, -0.2) is 6.04 Å². The van der Waals surface area contributed by atoms with E-state index in [-0.39, 0.29) is 5.57 Å². The van der Waals surface area contributed by atoms with Crippen LogP contribution >= 0.6 is 0 Å². The van der Waals surface area contributed by atoms with Crippen molar-refractivity contribution in [3.05, 3.63) is 42.2 Å². The van der Waals surface area contributed by atoms with Gasteiger partial charge in [0.15, 0.2) is 0 Å². The molecule has 0 amide bonds. The van der Waals surface area contributed by atoms with Crippen molar-refractivity contribution < 1.29 is 13.6 Å². The Balaban J connectivity index is 2.98.